The Balaban J connectivity index is 1.46. The molecule has 32 heavy (non-hydrogen) atoms. The summed E-state index contributed by atoms with van der Waals surface area (Å²) in [6.07, 6.45) is 4.16. The molecular weight excluding hydrogens is 434 g/mol. The van der Waals surface area contributed by atoms with E-state index in [0.29, 0.717) is 32.5 Å². The van der Waals surface area contributed by atoms with E-state index in [0.717, 1.165) is 25.9 Å². The minimum atomic E-state index is -3.78. The van der Waals surface area contributed by atoms with Crippen LogP contribution < -0.4 is 10.0 Å². The second-order valence-electron chi connectivity index (χ2n) is 8.91. The molecule has 0 aromatic carbocycles. The molecule has 0 radical (unpaired) electrons. The summed E-state index contributed by atoms with van der Waals surface area (Å²) in [5, 5.41) is 2.79. The van der Waals surface area contributed by atoms with Crippen LogP contribution in [-0.2, 0) is 19.6 Å². The molecular formula is C21H33N5O5S. The van der Waals surface area contributed by atoms with E-state index < -0.39 is 15.9 Å². The molecule has 0 saturated carbocycles. The van der Waals surface area contributed by atoms with Gasteiger partial charge in [-0.25, -0.2) is 13.1 Å². The molecule has 178 valence electrons. The lowest BCUT2D eigenvalue weighted by atomic mass is 10.1. The Hall–Kier alpha value is -2.40. The first-order valence-electron chi connectivity index (χ1n) is 11.2. The lowest BCUT2D eigenvalue weighted by molar-refractivity contribution is -0.128. The van der Waals surface area contributed by atoms with E-state index in [1.165, 1.54) is 12.3 Å². The average Bonchev–Trinajstić information content (AvgIpc) is 3.48. The fourth-order valence-corrected chi connectivity index (χ4v) is 5.19. The Morgan fingerprint density at radius 3 is 2.12 bits per heavy atom. The average molecular weight is 468 g/mol. The molecule has 11 heteroatoms. The van der Waals surface area contributed by atoms with Crippen LogP contribution >= 0.6 is 0 Å². The van der Waals surface area contributed by atoms with E-state index in [2.05, 4.69) is 15.0 Å². The van der Waals surface area contributed by atoms with Gasteiger partial charge in [0.1, 0.15) is 10.6 Å². The second-order valence-corrected chi connectivity index (χ2v) is 10.7. The first-order valence-corrected chi connectivity index (χ1v) is 12.7. The molecule has 2 fully saturated rings. The summed E-state index contributed by atoms with van der Waals surface area (Å²) >= 11 is 0. The number of amides is 3. The number of nitrogens with one attached hydrogen (secondary N) is 3. The van der Waals surface area contributed by atoms with Crippen molar-refractivity contribution in [1.82, 2.24) is 24.8 Å². The normalized spacial score (nSPS) is 18.9. The number of aromatic nitrogens is 1. The van der Waals surface area contributed by atoms with Crippen LogP contribution in [0.2, 0.25) is 0 Å². The number of aromatic amines is 1. The van der Waals surface area contributed by atoms with Crippen molar-refractivity contribution >= 4 is 27.7 Å². The predicted octanol–water partition coefficient (Wildman–Crippen LogP) is 0.540. The maximum atomic E-state index is 12.6. The standard InChI is InChI=1S/C21H33N5O5S/c1-15(13-25-7-3-5-19(25)27)10-23-21(29)18-9-17(12-22-18)32(30,31)24-11-16(2)14-26-8-4-6-20(26)28/h9,12,15-16,22,24H,3-8,10-11,13-14H2,1-2H3,(H,23,29)/t15-,16-/m1/s1. The summed E-state index contributed by atoms with van der Waals surface area (Å²) in [6.45, 7) is 7.02. The molecule has 2 atom stereocenters. The molecule has 3 rings (SSSR count). The van der Waals surface area contributed by atoms with Crippen LogP contribution in [0.3, 0.4) is 0 Å². The zero-order chi connectivity index (χ0) is 23.3. The third-order valence-electron chi connectivity index (χ3n) is 5.85. The molecule has 10 nitrogen and oxygen atoms in total. The van der Waals surface area contributed by atoms with Gasteiger partial charge in [-0.05, 0) is 30.7 Å². The number of carbonyl (C=O) groups excluding carboxylic acids is 3. The van der Waals surface area contributed by atoms with E-state index in [4.69, 9.17) is 0 Å². The highest BCUT2D eigenvalue weighted by Gasteiger charge is 2.24. The number of H-pyrrole nitrogens is 1. The number of nitrogens with zero attached hydrogens (tertiary/aromatic N) is 2. The van der Waals surface area contributed by atoms with Crippen molar-refractivity contribution < 1.29 is 22.8 Å². The molecule has 2 aliphatic rings. The van der Waals surface area contributed by atoms with Crippen molar-refractivity contribution in [3.8, 4) is 0 Å². The summed E-state index contributed by atoms with van der Waals surface area (Å²) in [4.78, 5) is 42.1. The van der Waals surface area contributed by atoms with Gasteiger partial charge in [-0.2, -0.15) is 0 Å². The smallest absolute Gasteiger partial charge is 0.267 e. The molecule has 0 bridgehead atoms. The van der Waals surface area contributed by atoms with E-state index >= 15 is 0 Å². The lowest BCUT2D eigenvalue weighted by Crippen LogP contribution is -2.36. The van der Waals surface area contributed by atoms with Gasteiger partial charge in [0.15, 0.2) is 0 Å². The highest BCUT2D eigenvalue weighted by Crippen LogP contribution is 2.15. The van der Waals surface area contributed by atoms with E-state index in [9.17, 15) is 22.8 Å². The maximum absolute atomic E-state index is 12.6. The molecule has 3 heterocycles. The zero-order valence-electron chi connectivity index (χ0n) is 18.7. The Kier molecular flexibility index (Phi) is 7.94. The van der Waals surface area contributed by atoms with E-state index in [-0.39, 0.29) is 40.8 Å². The number of hydrogen-bond acceptors (Lipinski definition) is 5. The van der Waals surface area contributed by atoms with Crippen LogP contribution in [0.1, 0.15) is 50.0 Å². The van der Waals surface area contributed by atoms with Gasteiger partial charge in [0.2, 0.25) is 21.8 Å². The minimum absolute atomic E-state index is 0.0113. The van der Waals surface area contributed by atoms with Gasteiger partial charge >= 0.3 is 0 Å². The van der Waals surface area contributed by atoms with Crippen molar-refractivity contribution in [2.24, 2.45) is 11.8 Å². The summed E-state index contributed by atoms with van der Waals surface area (Å²) in [5.74, 6) is -0.0760. The SMILES string of the molecule is C[C@H](CNC(=O)c1cc(S(=O)(=O)NC[C@@H](C)CN2CCCC2=O)c[nH]1)CN1CCCC1=O. The van der Waals surface area contributed by atoms with Crippen molar-refractivity contribution in [3.63, 3.8) is 0 Å². The van der Waals surface area contributed by atoms with Crippen LogP contribution in [0.15, 0.2) is 17.2 Å². The summed E-state index contributed by atoms with van der Waals surface area (Å²) in [5.41, 5.74) is 0.158. The Morgan fingerprint density at radius 2 is 1.59 bits per heavy atom. The Morgan fingerprint density at radius 1 is 1.03 bits per heavy atom. The summed E-state index contributed by atoms with van der Waals surface area (Å²) in [6, 6.07) is 1.31. The zero-order valence-corrected chi connectivity index (χ0v) is 19.5. The van der Waals surface area contributed by atoms with E-state index in [1.54, 1.807) is 4.90 Å². The van der Waals surface area contributed by atoms with Gasteiger partial charge in [0, 0.05) is 58.3 Å². The van der Waals surface area contributed by atoms with Gasteiger partial charge in [-0.3, -0.25) is 14.4 Å². The minimum Gasteiger partial charge on any atom is -0.356 e. The van der Waals surface area contributed by atoms with Gasteiger partial charge in [0.25, 0.3) is 5.91 Å². The first kappa shape index (κ1) is 24.2. The van der Waals surface area contributed by atoms with Crippen LogP contribution in [0.25, 0.3) is 0 Å². The number of carbonyl (C=O) groups is 3. The summed E-state index contributed by atoms with van der Waals surface area (Å²) < 4.78 is 27.7. The van der Waals surface area contributed by atoms with Crippen LogP contribution in [0.5, 0.6) is 0 Å². The van der Waals surface area contributed by atoms with Gasteiger partial charge in [-0.1, -0.05) is 13.8 Å². The van der Waals surface area contributed by atoms with Gasteiger partial charge < -0.3 is 20.1 Å². The molecule has 2 aliphatic heterocycles. The second kappa shape index (κ2) is 10.5. The van der Waals surface area contributed by atoms with E-state index in [1.807, 2.05) is 18.7 Å². The Bertz CT molecular complexity index is 944. The molecule has 2 saturated heterocycles. The maximum Gasteiger partial charge on any atom is 0.267 e. The van der Waals surface area contributed by atoms with Crippen molar-refractivity contribution in [2.75, 3.05) is 39.3 Å². The fourth-order valence-electron chi connectivity index (χ4n) is 4.03. The van der Waals surface area contributed by atoms with Gasteiger partial charge in [0.05, 0.1) is 0 Å². The lowest BCUT2D eigenvalue weighted by Gasteiger charge is -2.21. The monoisotopic (exact) mass is 467 g/mol. The summed E-state index contributed by atoms with van der Waals surface area (Å²) in [7, 11) is -3.78. The number of rotatable bonds is 11. The van der Waals surface area contributed by atoms with Crippen LogP contribution in [0.4, 0.5) is 0 Å². The molecule has 0 aliphatic carbocycles. The van der Waals surface area contributed by atoms with Crippen LogP contribution in [0, 0.1) is 11.8 Å². The van der Waals surface area contributed by atoms with Crippen LogP contribution in [-0.4, -0.2) is 80.2 Å². The third-order valence-corrected chi connectivity index (χ3v) is 7.25. The number of sulfonamides is 1. The first-order chi connectivity index (χ1) is 15.2. The van der Waals surface area contributed by atoms with Crippen molar-refractivity contribution in [3.05, 3.63) is 18.0 Å². The molecule has 1 aromatic rings. The topological polar surface area (TPSA) is 132 Å². The molecule has 0 unspecified atom stereocenters. The fraction of sp³-hybridized carbons (Fsp3) is 0.667. The van der Waals surface area contributed by atoms with Crippen molar-refractivity contribution in [2.45, 2.75) is 44.4 Å². The number of hydrogen-bond donors (Lipinski definition) is 3. The highest BCUT2D eigenvalue weighted by atomic mass is 32.2. The quantitative estimate of drug-likeness (QED) is 0.437. The molecule has 3 N–H and O–H groups in total. The largest absolute Gasteiger partial charge is 0.356 e. The number of likely N-dealkylation sites (tertiary alicyclic amines) is 2. The predicted molar refractivity (Wildman–Crippen MR) is 118 cm³/mol. The molecule has 3 amide bonds. The van der Waals surface area contributed by atoms with Gasteiger partial charge in [-0.15, -0.1) is 0 Å². The molecule has 0 spiro atoms. The third kappa shape index (κ3) is 6.32. The Labute approximate surface area is 189 Å². The molecule has 1 aromatic heterocycles. The highest BCUT2D eigenvalue weighted by molar-refractivity contribution is 7.89. The van der Waals surface area contributed by atoms with Crippen molar-refractivity contribution in [1.29, 1.82) is 0 Å².